The van der Waals surface area contributed by atoms with Crippen molar-refractivity contribution < 1.29 is 13.2 Å². The highest BCUT2D eigenvalue weighted by Gasteiger charge is 2.20. The average molecular weight is 470 g/mol. The van der Waals surface area contributed by atoms with E-state index in [0.29, 0.717) is 12.3 Å². The molecule has 0 aliphatic carbocycles. The van der Waals surface area contributed by atoms with Crippen LogP contribution in [-0.4, -0.2) is 51.8 Å². The highest BCUT2D eigenvalue weighted by Crippen LogP contribution is 2.23. The van der Waals surface area contributed by atoms with Gasteiger partial charge in [-0.25, -0.2) is 13.6 Å². The van der Waals surface area contributed by atoms with Crippen molar-refractivity contribution in [2.24, 2.45) is 11.1 Å². The molecule has 2 aliphatic rings. The first kappa shape index (κ1) is 24.1. The van der Waals surface area contributed by atoms with Crippen LogP contribution in [0.4, 0.5) is 0 Å². The second-order valence-corrected chi connectivity index (χ2v) is 11.0. The molecule has 0 bridgehead atoms. The van der Waals surface area contributed by atoms with Crippen LogP contribution in [0, 0.1) is 5.92 Å². The van der Waals surface area contributed by atoms with Crippen molar-refractivity contribution in [1.82, 2.24) is 10.2 Å². The average Bonchev–Trinajstić information content (AvgIpc) is 3.05. The second kappa shape index (κ2) is 10.9. The van der Waals surface area contributed by atoms with Crippen molar-refractivity contribution in [3.8, 4) is 0 Å². The normalized spacial score (nSPS) is 18.0. The maximum absolute atomic E-state index is 12.7. The molecule has 2 heterocycles. The molecule has 1 saturated heterocycles. The number of ketones is 1. The minimum atomic E-state index is -3.63. The van der Waals surface area contributed by atoms with Gasteiger partial charge in [-0.1, -0.05) is 24.3 Å². The number of hydrogen-bond donors (Lipinski definition) is 2. The molecule has 2 aliphatic heterocycles. The summed E-state index contributed by atoms with van der Waals surface area (Å²) in [7, 11) is -3.63. The van der Waals surface area contributed by atoms with Gasteiger partial charge in [0.15, 0.2) is 5.78 Å². The zero-order valence-electron chi connectivity index (χ0n) is 19.3. The molecular formula is C26H35N3O3S. The molecule has 0 radical (unpaired) electrons. The molecule has 0 unspecified atom stereocenters. The summed E-state index contributed by atoms with van der Waals surface area (Å²) < 4.78 is 22.8. The quantitative estimate of drug-likeness (QED) is 0.580. The molecule has 0 spiro atoms. The Morgan fingerprint density at radius 3 is 2.39 bits per heavy atom. The Labute approximate surface area is 197 Å². The van der Waals surface area contributed by atoms with Crippen LogP contribution in [0.5, 0.6) is 0 Å². The van der Waals surface area contributed by atoms with Gasteiger partial charge in [0, 0.05) is 12.0 Å². The SMILES string of the molecule is NS(=O)(=O)c1ccc(CC2CCN(CCCC(=O)c3ccc4c(c3)CCNCC4)CC2)cc1. The van der Waals surface area contributed by atoms with E-state index in [0.717, 1.165) is 82.4 Å². The fourth-order valence-electron chi connectivity index (χ4n) is 5.02. The van der Waals surface area contributed by atoms with Gasteiger partial charge in [0.2, 0.25) is 10.0 Å². The minimum absolute atomic E-state index is 0.165. The molecule has 33 heavy (non-hydrogen) atoms. The Balaban J connectivity index is 1.18. The Bertz CT molecular complexity index is 1060. The van der Waals surface area contributed by atoms with E-state index in [1.165, 1.54) is 11.1 Å². The number of piperidine rings is 1. The van der Waals surface area contributed by atoms with Crippen molar-refractivity contribution in [1.29, 1.82) is 0 Å². The third kappa shape index (κ3) is 6.73. The van der Waals surface area contributed by atoms with Gasteiger partial charge in [0.05, 0.1) is 4.90 Å². The van der Waals surface area contributed by atoms with Crippen LogP contribution in [-0.2, 0) is 29.3 Å². The number of sulfonamides is 1. The van der Waals surface area contributed by atoms with Crippen LogP contribution >= 0.6 is 0 Å². The van der Waals surface area contributed by atoms with Gasteiger partial charge in [-0.15, -0.1) is 0 Å². The number of hydrogen-bond acceptors (Lipinski definition) is 5. The zero-order chi connectivity index (χ0) is 23.3. The molecule has 6 nitrogen and oxygen atoms in total. The molecule has 0 saturated carbocycles. The summed E-state index contributed by atoms with van der Waals surface area (Å²) in [4.78, 5) is 15.4. The van der Waals surface area contributed by atoms with Crippen LogP contribution in [0.2, 0.25) is 0 Å². The van der Waals surface area contributed by atoms with E-state index in [2.05, 4.69) is 22.3 Å². The van der Waals surface area contributed by atoms with Crippen LogP contribution in [0.15, 0.2) is 47.4 Å². The fourth-order valence-corrected chi connectivity index (χ4v) is 5.53. The molecule has 0 amide bonds. The van der Waals surface area contributed by atoms with Crippen LogP contribution in [0.3, 0.4) is 0 Å². The largest absolute Gasteiger partial charge is 0.316 e. The van der Waals surface area contributed by atoms with E-state index in [-0.39, 0.29) is 10.7 Å². The maximum atomic E-state index is 12.7. The van der Waals surface area contributed by atoms with Crippen LogP contribution in [0.25, 0.3) is 0 Å². The minimum Gasteiger partial charge on any atom is -0.316 e. The molecule has 3 N–H and O–H groups in total. The number of carbonyl (C=O) groups is 1. The highest BCUT2D eigenvalue weighted by atomic mass is 32.2. The van der Waals surface area contributed by atoms with E-state index in [1.54, 1.807) is 12.1 Å². The van der Waals surface area contributed by atoms with E-state index < -0.39 is 10.0 Å². The maximum Gasteiger partial charge on any atom is 0.238 e. The molecule has 1 fully saturated rings. The van der Waals surface area contributed by atoms with Crippen molar-refractivity contribution in [3.05, 3.63) is 64.7 Å². The summed E-state index contributed by atoms with van der Waals surface area (Å²) in [5, 5.41) is 8.59. The van der Waals surface area contributed by atoms with Crippen LogP contribution < -0.4 is 10.5 Å². The summed E-state index contributed by atoms with van der Waals surface area (Å²) in [6.45, 7) is 5.08. The first-order valence-electron chi connectivity index (χ1n) is 12.1. The molecular weight excluding hydrogens is 434 g/mol. The standard InChI is InChI=1S/C26H35N3O3S/c27-33(31,32)25-7-3-20(4-8-25)18-21-11-16-29(17-12-21)15-1-2-26(30)24-6-5-22-9-13-28-14-10-23(22)19-24/h3-8,19,21,28H,1-2,9-18H2,(H2,27,31,32). The molecule has 2 aromatic rings. The smallest absolute Gasteiger partial charge is 0.238 e. The van der Waals surface area contributed by atoms with Gasteiger partial charge < -0.3 is 10.2 Å². The number of fused-ring (bicyclic) bond motifs is 1. The Morgan fingerprint density at radius 2 is 1.70 bits per heavy atom. The molecule has 7 heteroatoms. The number of primary sulfonamides is 1. The molecule has 4 rings (SSSR count). The van der Waals surface area contributed by atoms with E-state index in [4.69, 9.17) is 5.14 Å². The first-order chi connectivity index (χ1) is 15.9. The van der Waals surface area contributed by atoms with Crippen molar-refractivity contribution >= 4 is 15.8 Å². The fraction of sp³-hybridized carbons (Fsp3) is 0.500. The lowest BCUT2D eigenvalue weighted by molar-refractivity contribution is 0.0970. The second-order valence-electron chi connectivity index (χ2n) is 9.44. The van der Waals surface area contributed by atoms with E-state index in [9.17, 15) is 13.2 Å². The van der Waals surface area contributed by atoms with E-state index in [1.807, 2.05) is 18.2 Å². The summed E-state index contributed by atoms with van der Waals surface area (Å²) in [5.41, 5.74) is 4.72. The summed E-state index contributed by atoms with van der Waals surface area (Å²) >= 11 is 0. The number of nitrogens with one attached hydrogen (secondary N) is 1. The Hall–Kier alpha value is -2.06. The Morgan fingerprint density at radius 1 is 1.00 bits per heavy atom. The number of nitrogens with two attached hydrogens (primary N) is 1. The summed E-state index contributed by atoms with van der Waals surface area (Å²) in [6, 6.07) is 13.2. The molecule has 0 atom stereocenters. The summed E-state index contributed by atoms with van der Waals surface area (Å²) in [5.74, 6) is 0.866. The Kier molecular flexibility index (Phi) is 7.96. The number of rotatable bonds is 8. The number of nitrogens with zero attached hydrogens (tertiary/aromatic N) is 1. The predicted molar refractivity (Wildman–Crippen MR) is 131 cm³/mol. The highest BCUT2D eigenvalue weighted by molar-refractivity contribution is 7.89. The van der Waals surface area contributed by atoms with Gasteiger partial charge >= 0.3 is 0 Å². The van der Waals surface area contributed by atoms with Crippen molar-refractivity contribution in [2.45, 2.75) is 49.8 Å². The zero-order valence-corrected chi connectivity index (χ0v) is 20.1. The van der Waals surface area contributed by atoms with Crippen molar-refractivity contribution in [2.75, 3.05) is 32.7 Å². The molecule has 2 aromatic carbocycles. The van der Waals surface area contributed by atoms with Crippen LogP contribution in [0.1, 0.15) is 52.7 Å². The third-order valence-corrected chi connectivity index (χ3v) is 7.96. The number of likely N-dealkylation sites (tertiary alicyclic amines) is 1. The monoisotopic (exact) mass is 469 g/mol. The van der Waals surface area contributed by atoms with Gasteiger partial charge in [-0.05, 0) is 112 Å². The third-order valence-electron chi connectivity index (χ3n) is 7.03. The first-order valence-corrected chi connectivity index (χ1v) is 13.6. The predicted octanol–water partition coefficient (Wildman–Crippen LogP) is 2.94. The number of carbonyl (C=O) groups excluding carboxylic acids is 1. The number of benzene rings is 2. The lowest BCUT2D eigenvalue weighted by Gasteiger charge is -2.32. The van der Waals surface area contributed by atoms with Gasteiger partial charge in [0.25, 0.3) is 0 Å². The van der Waals surface area contributed by atoms with E-state index >= 15 is 0 Å². The molecule has 0 aromatic heterocycles. The van der Waals surface area contributed by atoms with Gasteiger partial charge in [-0.2, -0.15) is 0 Å². The lowest BCUT2D eigenvalue weighted by Crippen LogP contribution is -2.35. The summed E-state index contributed by atoms with van der Waals surface area (Å²) in [6.07, 6.45) is 6.77. The number of Topliss-reactive ketones (excluding diaryl/α,β-unsaturated/α-hetero) is 1. The topological polar surface area (TPSA) is 92.5 Å². The van der Waals surface area contributed by atoms with Gasteiger partial charge in [0.1, 0.15) is 0 Å². The molecule has 178 valence electrons. The lowest BCUT2D eigenvalue weighted by atomic mass is 9.90. The van der Waals surface area contributed by atoms with Crippen molar-refractivity contribution in [3.63, 3.8) is 0 Å². The van der Waals surface area contributed by atoms with Gasteiger partial charge in [-0.3, -0.25) is 4.79 Å².